The van der Waals surface area contributed by atoms with Gasteiger partial charge in [0.05, 0.1) is 22.4 Å². The Labute approximate surface area is 162 Å². The number of amides is 2. The Morgan fingerprint density at radius 3 is 2.14 bits per heavy atom. The molecular weight excluding hydrogens is 352 g/mol. The fourth-order valence-corrected chi connectivity index (χ4v) is 2.82. The van der Waals surface area contributed by atoms with E-state index >= 15 is 0 Å². The number of benzene rings is 2. The van der Waals surface area contributed by atoms with Crippen LogP contribution in [0.5, 0.6) is 0 Å². The van der Waals surface area contributed by atoms with Crippen molar-refractivity contribution < 1.29 is 9.59 Å². The van der Waals surface area contributed by atoms with Gasteiger partial charge in [-0.1, -0.05) is 18.2 Å². The number of nitriles is 1. The van der Waals surface area contributed by atoms with Gasteiger partial charge in [-0.2, -0.15) is 5.26 Å². The molecule has 0 fully saturated rings. The lowest BCUT2D eigenvalue weighted by atomic mass is 10.1. The number of nitrogens with one attached hydrogen (secondary N) is 2. The third kappa shape index (κ3) is 4.40. The summed E-state index contributed by atoms with van der Waals surface area (Å²) < 4.78 is 0. The molecule has 2 N–H and O–H groups in total. The molecule has 2 aromatic carbocycles. The van der Waals surface area contributed by atoms with Crippen LogP contribution in [-0.4, -0.2) is 16.8 Å². The Morgan fingerprint density at radius 2 is 1.50 bits per heavy atom. The zero-order valence-corrected chi connectivity index (χ0v) is 15.5. The average molecular weight is 370 g/mol. The van der Waals surface area contributed by atoms with E-state index in [4.69, 9.17) is 5.26 Å². The second kappa shape index (κ2) is 8.14. The van der Waals surface area contributed by atoms with Crippen LogP contribution in [0.25, 0.3) is 0 Å². The first-order valence-electron chi connectivity index (χ1n) is 8.61. The van der Waals surface area contributed by atoms with Gasteiger partial charge in [-0.15, -0.1) is 0 Å². The maximum atomic E-state index is 12.5. The van der Waals surface area contributed by atoms with Crippen LogP contribution in [0.3, 0.4) is 0 Å². The van der Waals surface area contributed by atoms with Gasteiger partial charge in [0.2, 0.25) is 0 Å². The molecule has 2 amide bonds. The van der Waals surface area contributed by atoms with E-state index in [9.17, 15) is 9.59 Å². The molecule has 0 aliphatic heterocycles. The monoisotopic (exact) mass is 370 g/mol. The van der Waals surface area contributed by atoms with Crippen LogP contribution in [0.15, 0.2) is 60.9 Å². The molecule has 0 saturated heterocycles. The molecule has 0 atom stereocenters. The maximum absolute atomic E-state index is 12.5. The molecule has 28 heavy (non-hydrogen) atoms. The number of para-hydroxylation sites is 1. The molecule has 0 unspecified atom stereocenters. The Hall–Kier alpha value is -3.98. The molecule has 0 radical (unpaired) electrons. The molecule has 138 valence electrons. The van der Waals surface area contributed by atoms with Crippen LogP contribution in [-0.2, 0) is 0 Å². The van der Waals surface area contributed by atoms with Gasteiger partial charge >= 0.3 is 0 Å². The summed E-state index contributed by atoms with van der Waals surface area (Å²) in [5, 5.41) is 14.6. The first kappa shape index (κ1) is 18.8. The van der Waals surface area contributed by atoms with Crippen molar-refractivity contribution in [3.8, 4) is 6.07 Å². The smallest absolute Gasteiger partial charge is 0.257 e. The molecule has 0 aliphatic carbocycles. The Balaban J connectivity index is 1.78. The number of aryl methyl sites for hydroxylation is 2. The molecule has 3 rings (SSSR count). The Bertz CT molecular complexity index is 1080. The van der Waals surface area contributed by atoms with Gasteiger partial charge < -0.3 is 10.6 Å². The summed E-state index contributed by atoms with van der Waals surface area (Å²) in [6.45, 7) is 3.91. The zero-order valence-electron chi connectivity index (χ0n) is 15.5. The van der Waals surface area contributed by atoms with Gasteiger partial charge in [-0.3, -0.25) is 14.6 Å². The Morgan fingerprint density at radius 1 is 0.893 bits per heavy atom. The summed E-state index contributed by atoms with van der Waals surface area (Å²) >= 11 is 0. The van der Waals surface area contributed by atoms with Gasteiger partial charge in [0.15, 0.2) is 0 Å². The average Bonchev–Trinajstić information content (AvgIpc) is 2.67. The van der Waals surface area contributed by atoms with Crippen LogP contribution in [0.4, 0.5) is 11.4 Å². The lowest BCUT2D eigenvalue weighted by Gasteiger charge is -2.09. The van der Waals surface area contributed by atoms with Crippen molar-refractivity contribution in [3.05, 3.63) is 88.7 Å². The van der Waals surface area contributed by atoms with Crippen LogP contribution in [0, 0.1) is 25.2 Å². The van der Waals surface area contributed by atoms with Gasteiger partial charge in [-0.05, 0) is 55.3 Å². The topological polar surface area (TPSA) is 94.9 Å². The molecule has 6 heteroatoms. The van der Waals surface area contributed by atoms with Crippen molar-refractivity contribution in [3.63, 3.8) is 0 Å². The summed E-state index contributed by atoms with van der Waals surface area (Å²) in [5.74, 6) is -0.805. The molecule has 0 saturated carbocycles. The summed E-state index contributed by atoms with van der Waals surface area (Å²) in [4.78, 5) is 29.1. The van der Waals surface area contributed by atoms with Gasteiger partial charge in [0, 0.05) is 18.1 Å². The summed E-state index contributed by atoms with van der Waals surface area (Å²) in [7, 11) is 0. The van der Waals surface area contributed by atoms with Crippen molar-refractivity contribution in [1.82, 2.24) is 4.98 Å². The lowest BCUT2D eigenvalue weighted by Crippen LogP contribution is -2.16. The SMILES string of the molecule is Cc1cc(C)cc(NC(=O)c2cncc(C(=O)Nc3ccccc3C#N)c2)c1. The minimum atomic E-state index is -0.448. The standard InChI is InChI=1S/C22H18N4O2/c1-14-7-15(2)9-19(8-14)25-21(27)17-10-18(13-24-12-17)22(28)26-20-6-4-3-5-16(20)11-23/h3-10,12-13H,1-2H3,(H,25,27)(H,26,28). The molecule has 6 nitrogen and oxygen atoms in total. The minimum absolute atomic E-state index is 0.223. The van der Waals surface area contributed by atoms with Crippen LogP contribution >= 0.6 is 0 Å². The fraction of sp³-hybridized carbons (Fsp3) is 0.0909. The molecule has 0 aliphatic rings. The lowest BCUT2D eigenvalue weighted by molar-refractivity contribution is 0.102. The predicted molar refractivity (Wildman–Crippen MR) is 107 cm³/mol. The van der Waals surface area contributed by atoms with Crippen molar-refractivity contribution in [2.24, 2.45) is 0 Å². The number of anilines is 2. The summed E-state index contributed by atoms with van der Waals surface area (Å²) in [5.41, 5.74) is 4.00. The van der Waals surface area contributed by atoms with Crippen LogP contribution in [0.2, 0.25) is 0 Å². The molecule has 0 bridgehead atoms. The van der Waals surface area contributed by atoms with Crippen LogP contribution < -0.4 is 10.6 Å². The predicted octanol–water partition coefficient (Wildman–Crippen LogP) is 4.07. The van der Waals surface area contributed by atoms with E-state index in [-0.39, 0.29) is 17.0 Å². The molecular formula is C22H18N4O2. The second-order valence-corrected chi connectivity index (χ2v) is 6.40. The number of hydrogen-bond donors (Lipinski definition) is 2. The van der Waals surface area contributed by atoms with E-state index in [2.05, 4.69) is 15.6 Å². The van der Waals surface area contributed by atoms with E-state index in [1.165, 1.54) is 18.5 Å². The molecule has 1 aromatic heterocycles. The number of aromatic nitrogens is 1. The molecule has 3 aromatic rings. The number of pyridine rings is 1. The first-order chi connectivity index (χ1) is 13.5. The maximum Gasteiger partial charge on any atom is 0.257 e. The van der Waals surface area contributed by atoms with E-state index in [1.54, 1.807) is 24.3 Å². The highest BCUT2D eigenvalue weighted by Gasteiger charge is 2.13. The number of hydrogen-bond acceptors (Lipinski definition) is 4. The molecule has 0 spiro atoms. The second-order valence-electron chi connectivity index (χ2n) is 6.40. The third-order valence-electron chi connectivity index (χ3n) is 4.04. The van der Waals surface area contributed by atoms with Crippen molar-refractivity contribution in [2.45, 2.75) is 13.8 Å². The largest absolute Gasteiger partial charge is 0.322 e. The number of carbonyl (C=O) groups excluding carboxylic acids is 2. The summed E-state index contributed by atoms with van der Waals surface area (Å²) in [6.07, 6.45) is 2.77. The van der Waals surface area contributed by atoms with E-state index < -0.39 is 5.91 Å². The number of nitrogens with zero attached hydrogens (tertiary/aromatic N) is 2. The van der Waals surface area contributed by atoms with E-state index in [0.717, 1.165) is 11.1 Å². The number of rotatable bonds is 4. The van der Waals surface area contributed by atoms with Gasteiger partial charge in [0.25, 0.3) is 11.8 Å². The molecule has 1 heterocycles. The van der Waals surface area contributed by atoms with Gasteiger partial charge in [0.1, 0.15) is 6.07 Å². The highest BCUT2D eigenvalue weighted by atomic mass is 16.2. The number of carbonyl (C=O) groups is 2. The fourth-order valence-electron chi connectivity index (χ4n) is 2.82. The van der Waals surface area contributed by atoms with Gasteiger partial charge in [-0.25, -0.2) is 0 Å². The zero-order chi connectivity index (χ0) is 20.1. The van der Waals surface area contributed by atoms with Crippen molar-refractivity contribution >= 4 is 23.2 Å². The van der Waals surface area contributed by atoms with Crippen molar-refractivity contribution in [1.29, 1.82) is 5.26 Å². The van der Waals surface area contributed by atoms with E-state index in [0.29, 0.717) is 16.9 Å². The Kier molecular flexibility index (Phi) is 5.47. The summed E-state index contributed by atoms with van der Waals surface area (Å²) in [6, 6.07) is 15.9. The van der Waals surface area contributed by atoms with Crippen molar-refractivity contribution in [2.75, 3.05) is 10.6 Å². The minimum Gasteiger partial charge on any atom is -0.322 e. The van der Waals surface area contributed by atoms with Crippen LogP contribution in [0.1, 0.15) is 37.4 Å². The highest BCUT2D eigenvalue weighted by Crippen LogP contribution is 2.17. The first-order valence-corrected chi connectivity index (χ1v) is 8.61. The quantitative estimate of drug-likeness (QED) is 0.723. The normalized spacial score (nSPS) is 10.0. The highest BCUT2D eigenvalue weighted by molar-refractivity contribution is 6.08. The van der Waals surface area contributed by atoms with E-state index in [1.807, 2.05) is 38.1 Å². The third-order valence-corrected chi connectivity index (χ3v) is 4.04.